The van der Waals surface area contributed by atoms with Gasteiger partial charge in [0.2, 0.25) is 0 Å². The summed E-state index contributed by atoms with van der Waals surface area (Å²) in [5.74, 6) is 0.896. The van der Waals surface area contributed by atoms with Crippen LogP contribution in [0.5, 0.6) is 5.75 Å². The number of carbonyl (C=O) groups is 1. The van der Waals surface area contributed by atoms with E-state index in [-0.39, 0.29) is 11.9 Å². The molecule has 2 aromatic carbocycles. The van der Waals surface area contributed by atoms with E-state index in [9.17, 15) is 4.79 Å². The molecule has 0 unspecified atom stereocenters. The van der Waals surface area contributed by atoms with Crippen LogP contribution in [0, 0.1) is 0 Å². The number of nitrogens with two attached hydrogens (primary N) is 1. The number of anilines is 1. The van der Waals surface area contributed by atoms with Crippen molar-refractivity contribution in [1.82, 2.24) is 29.0 Å². The lowest BCUT2D eigenvalue weighted by Crippen LogP contribution is -2.32. The van der Waals surface area contributed by atoms with Crippen molar-refractivity contribution < 1.29 is 9.53 Å². The minimum absolute atomic E-state index is 0.213. The van der Waals surface area contributed by atoms with Crippen LogP contribution in [0.2, 0.25) is 5.02 Å². The first-order valence-corrected chi connectivity index (χ1v) is 11.0. The van der Waals surface area contributed by atoms with Crippen LogP contribution in [0.15, 0.2) is 55.2 Å². The van der Waals surface area contributed by atoms with Crippen LogP contribution in [-0.2, 0) is 7.05 Å². The number of amides is 1. The van der Waals surface area contributed by atoms with Crippen molar-refractivity contribution in [2.45, 2.75) is 6.04 Å². The Morgan fingerprint density at radius 3 is 2.85 bits per heavy atom. The molecule has 34 heavy (non-hydrogen) atoms. The largest absolute Gasteiger partial charge is 0.491 e. The second-order valence-electron chi connectivity index (χ2n) is 8.36. The molecule has 1 atom stereocenters. The second-order valence-corrected chi connectivity index (χ2v) is 8.77. The SMILES string of the molecule is CN(C(=O)c1cc2c(cc1Cl)nc(N)c1cncn12)[C@@H]1COc2cc(-c3cnn(C)c3)ccc21. The first-order chi connectivity index (χ1) is 16.4. The lowest BCUT2D eigenvalue weighted by molar-refractivity contribution is 0.0709. The third kappa shape index (κ3) is 3.08. The van der Waals surface area contributed by atoms with Crippen LogP contribution in [-0.4, -0.2) is 48.6 Å². The van der Waals surface area contributed by atoms with Crippen molar-refractivity contribution in [2.24, 2.45) is 7.05 Å². The summed E-state index contributed by atoms with van der Waals surface area (Å²) in [4.78, 5) is 23.8. The molecule has 0 saturated heterocycles. The Morgan fingerprint density at radius 1 is 1.21 bits per heavy atom. The molecule has 1 amide bonds. The average Bonchev–Trinajstić information content (AvgIpc) is 3.57. The molecule has 10 heteroatoms. The van der Waals surface area contributed by atoms with Gasteiger partial charge in [-0.25, -0.2) is 9.97 Å². The predicted molar refractivity (Wildman–Crippen MR) is 129 cm³/mol. The summed E-state index contributed by atoms with van der Waals surface area (Å²) < 4.78 is 9.52. The summed E-state index contributed by atoms with van der Waals surface area (Å²) >= 11 is 6.52. The minimum atomic E-state index is -0.241. The first-order valence-electron chi connectivity index (χ1n) is 10.6. The van der Waals surface area contributed by atoms with E-state index in [4.69, 9.17) is 22.1 Å². The number of benzene rings is 2. The van der Waals surface area contributed by atoms with Crippen molar-refractivity contribution in [2.75, 3.05) is 19.4 Å². The highest BCUT2D eigenvalue weighted by Gasteiger charge is 2.32. The molecule has 0 fully saturated rings. The standard InChI is InChI=1S/C24H20ClN7O2/c1-30-10-14(8-28-30)13-3-4-15-21(11-34-22(15)5-13)31(2)24(33)16-6-19-18(7-17(16)25)29-23(26)20-9-27-12-32(19)20/h3-10,12,21H,11H2,1-2H3,(H2,26,29)/t21-/m1/s1. The van der Waals surface area contributed by atoms with Crippen LogP contribution in [0.25, 0.3) is 27.7 Å². The summed E-state index contributed by atoms with van der Waals surface area (Å²) in [6.45, 7) is 0.364. The Hall–Kier alpha value is -4.11. The van der Waals surface area contributed by atoms with Gasteiger partial charge in [0.05, 0.1) is 46.4 Å². The molecule has 2 N–H and O–H groups in total. The third-order valence-corrected chi connectivity index (χ3v) is 6.60. The van der Waals surface area contributed by atoms with Crippen LogP contribution in [0.3, 0.4) is 0 Å². The van der Waals surface area contributed by atoms with Gasteiger partial charge in [0.15, 0.2) is 0 Å². The zero-order chi connectivity index (χ0) is 23.6. The van der Waals surface area contributed by atoms with E-state index in [1.807, 2.05) is 37.6 Å². The number of fused-ring (bicyclic) bond motifs is 4. The molecule has 0 radical (unpaired) electrons. The van der Waals surface area contributed by atoms with Gasteiger partial charge in [-0.05, 0) is 23.8 Å². The quantitative estimate of drug-likeness (QED) is 0.428. The Bertz CT molecular complexity index is 1610. The summed E-state index contributed by atoms with van der Waals surface area (Å²) in [6.07, 6.45) is 7.04. The van der Waals surface area contributed by atoms with Gasteiger partial charge >= 0.3 is 0 Å². The normalized spacial score (nSPS) is 15.0. The molecular formula is C24H20ClN7O2. The fourth-order valence-corrected chi connectivity index (χ4v) is 4.69. The fraction of sp³-hybridized carbons (Fsp3) is 0.167. The average molecular weight is 474 g/mol. The second kappa shape index (κ2) is 7.46. The Labute approximate surface area is 199 Å². The van der Waals surface area contributed by atoms with E-state index in [2.05, 4.69) is 15.1 Å². The molecule has 0 saturated carbocycles. The number of aromatic nitrogens is 5. The number of ether oxygens (including phenoxy) is 1. The van der Waals surface area contributed by atoms with Gasteiger partial charge < -0.3 is 15.4 Å². The van der Waals surface area contributed by atoms with Crippen molar-refractivity contribution in [3.63, 3.8) is 0 Å². The van der Waals surface area contributed by atoms with Crippen LogP contribution < -0.4 is 10.5 Å². The van der Waals surface area contributed by atoms with Crippen molar-refractivity contribution in [1.29, 1.82) is 0 Å². The van der Waals surface area contributed by atoms with Gasteiger partial charge in [-0.2, -0.15) is 5.10 Å². The van der Waals surface area contributed by atoms with Crippen LogP contribution in [0.4, 0.5) is 5.82 Å². The molecule has 0 bridgehead atoms. The molecule has 1 aliphatic heterocycles. The fourth-order valence-electron chi connectivity index (χ4n) is 4.46. The molecule has 0 aliphatic carbocycles. The number of halogens is 1. The number of aryl methyl sites for hydroxylation is 1. The smallest absolute Gasteiger partial charge is 0.255 e. The lowest BCUT2D eigenvalue weighted by atomic mass is 10.0. The topological polar surface area (TPSA) is 104 Å². The van der Waals surface area contributed by atoms with Crippen molar-refractivity contribution in [3.8, 4) is 16.9 Å². The number of hydrogen-bond acceptors (Lipinski definition) is 6. The third-order valence-electron chi connectivity index (χ3n) is 6.29. The molecule has 0 spiro atoms. The Balaban J connectivity index is 1.35. The van der Waals surface area contributed by atoms with Gasteiger partial charge in [-0.1, -0.05) is 23.7 Å². The van der Waals surface area contributed by atoms with Gasteiger partial charge in [-0.15, -0.1) is 0 Å². The molecule has 9 nitrogen and oxygen atoms in total. The maximum absolute atomic E-state index is 13.5. The van der Waals surface area contributed by atoms with E-state index in [1.54, 1.807) is 45.7 Å². The molecule has 4 heterocycles. The number of imidazole rings is 1. The highest BCUT2D eigenvalue weighted by molar-refractivity contribution is 6.34. The number of hydrogen-bond donors (Lipinski definition) is 1. The summed E-state index contributed by atoms with van der Waals surface area (Å²) in [5.41, 5.74) is 11.3. The molecule has 1 aliphatic rings. The number of carbonyl (C=O) groups excluding carboxylic acids is 1. The summed E-state index contributed by atoms with van der Waals surface area (Å²) in [7, 11) is 3.64. The number of likely N-dealkylation sites (N-methyl/N-ethyl adjacent to an activating group) is 1. The summed E-state index contributed by atoms with van der Waals surface area (Å²) in [6, 6.07) is 9.16. The maximum Gasteiger partial charge on any atom is 0.255 e. The van der Waals surface area contributed by atoms with Gasteiger partial charge in [0.1, 0.15) is 23.7 Å². The Morgan fingerprint density at radius 2 is 2.06 bits per heavy atom. The van der Waals surface area contributed by atoms with Gasteiger partial charge in [0, 0.05) is 31.4 Å². The highest BCUT2D eigenvalue weighted by Crippen LogP contribution is 2.39. The van der Waals surface area contributed by atoms with E-state index in [0.717, 1.165) is 22.4 Å². The number of nitrogen functional groups attached to an aromatic ring is 1. The van der Waals surface area contributed by atoms with Crippen LogP contribution >= 0.6 is 11.6 Å². The maximum atomic E-state index is 13.5. The number of rotatable bonds is 3. The van der Waals surface area contributed by atoms with E-state index in [1.165, 1.54) is 0 Å². The Kier molecular flexibility index (Phi) is 4.50. The van der Waals surface area contributed by atoms with Crippen molar-refractivity contribution >= 4 is 39.9 Å². The predicted octanol–water partition coefficient (Wildman–Crippen LogP) is 3.72. The molecular weight excluding hydrogens is 454 g/mol. The molecule has 3 aromatic heterocycles. The van der Waals surface area contributed by atoms with E-state index < -0.39 is 0 Å². The van der Waals surface area contributed by atoms with Gasteiger partial charge in [0.25, 0.3) is 5.91 Å². The lowest BCUT2D eigenvalue weighted by Gasteiger charge is -2.24. The number of nitrogens with zero attached hydrogens (tertiary/aromatic N) is 6. The molecule has 6 rings (SSSR count). The van der Waals surface area contributed by atoms with Crippen LogP contribution in [0.1, 0.15) is 22.0 Å². The zero-order valence-corrected chi connectivity index (χ0v) is 19.2. The first kappa shape index (κ1) is 20.5. The zero-order valence-electron chi connectivity index (χ0n) is 18.4. The van der Waals surface area contributed by atoms with Gasteiger partial charge in [-0.3, -0.25) is 13.9 Å². The molecule has 170 valence electrons. The summed E-state index contributed by atoms with van der Waals surface area (Å²) in [5, 5.41) is 4.54. The monoisotopic (exact) mass is 473 g/mol. The molecule has 5 aromatic rings. The minimum Gasteiger partial charge on any atom is -0.491 e. The van der Waals surface area contributed by atoms with E-state index in [0.29, 0.717) is 39.6 Å². The highest BCUT2D eigenvalue weighted by atomic mass is 35.5. The van der Waals surface area contributed by atoms with Crippen molar-refractivity contribution in [3.05, 3.63) is 71.4 Å². The van der Waals surface area contributed by atoms with E-state index >= 15 is 0 Å².